The van der Waals surface area contributed by atoms with E-state index in [1.807, 2.05) is 52.3 Å². The van der Waals surface area contributed by atoms with Crippen LogP contribution in [0.3, 0.4) is 0 Å². The van der Waals surface area contributed by atoms with Gasteiger partial charge in [-0.2, -0.15) is 0 Å². The van der Waals surface area contributed by atoms with Crippen LogP contribution in [0.15, 0.2) is 53.5 Å². The molecule has 1 fully saturated rings. The first kappa shape index (κ1) is 20.1. The van der Waals surface area contributed by atoms with Gasteiger partial charge in [0.15, 0.2) is 11.5 Å². The van der Waals surface area contributed by atoms with E-state index in [4.69, 9.17) is 0 Å². The zero-order valence-corrected chi connectivity index (χ0v) is 17.3. The van der Waals surface area contributed by atoms with Crippen molar-refractivity contribution in [3.63, 3.8) is 0 Å². The van der Waals surface area contributed by atoms with Crippen molar-refractivity contribution in [3.05, 3.63) is 64.6 Å². The fourth-order valence-electron chi connectivity index (χ4n) is 3.83. The first-order valence-electron chi connectivity index (χ1n) is 10.6. The summed E-state index contributed by atoms with van der Waals surface area (Å²) in [5.41, 5.74) is 2.18. The molecule has 0 N–H and O–H groups in total. The lowest BCUT2D eigenvalue weighted by Gasteiger charge is -2.35. The van der Waals surface area contributed by atoms with Gasteiger partial charge in [-0.05, 0) is 24.1 Å². The largest absolute Gasteiger partial charge is 0.348 e. The van der Waals surface area contributed by atoms with E-state index in [0.29, 0.717) is 56.1 Å². The minimum atomic E-state index is -0.143. The lowest BCUT2D eigenvalue weighted by Crippen LogP contribution is -2.50. The second-order valence-electron chi connectivity index (χ2n) is 7.63. The maximum absolute atomic E-state index is 13.4. The van der Waals surface area contributed by atoms with E-state index >= 15 is 0 Å². The number of benzene rings is 1. The van der Waals surface area contributed by atoms with Crippen LogP contribution < -0.4 is 10.5 Å². The van der Waals surface area contributed by atoms with Crippen LogP contribution in [-0.4, -0.2) is 51.5 Å². The fraction of sp³-hybridized carbons (Fsp3) is 0.391. The van der Waals surface area contributed by atoms with Crippen molar-refractivity contribution in [2.75, 3.05) is 31.1 Å². The summed E-state index contributed by atoms with van der Waals surface area (Å²) in [7, 11) is 0. The molecule has 0 radical (unpaired) electrons. The van der Waals surface area contributed by atoms with E-state index in [-0.39, 0.29) is 11.5 Å². The predicted molar refractivity (Wildman–Crippen MR) is 118 cm³/mol. The second kappa shape index (κ2) is 9.07. The maximum atomic E-state index is 13.4. The number of hydrogen-bond acceptors (Lipinski definition) is 5. The molecule has 0 atom stereocenters. The Bertz CT molecular complexity index is 1070. The van der Waals surface area contributed by atoms with Gasteiger partial charge in [0.25, 0.3) is 5.56 Å². The van der Waals surface area contributed by atoms with Gasteiger partial charge in [-0.3, -0.25) is 14.2 Å². The highest BCUT2D eigenvalue weighted by molar-refractivity contribution is 5.76. The molecule has 3 aromatic rings. The summed E-state index contributed by atoms with van der Waals surface area (Å²) in [4.78, 5) is 38.7. The number of nitrogens with zero attached hydrogens (tertiary/aromatic N) is 5. The zero-order chi connectivity index (χ0) is 20.9. The molecule has 1 aromatic carbocycles. The van der Waals surface area contributed by atoms with Crippen LogP contribution in [0.25, 0.3) is 11.2 Å². The highest BCUT2D eigenvalue weighted by Gasteiger charge is 2.24. The number of unbranched alkanes of at least 4 members (excludes halogenated alkanes) is 1. The molecule has 3 heterocycles. The molecule has 0 saturated carbocycles. The third-order valence-corrected chi connectivity index (χ3v) is 5.54. The van der Waals surface area contributed by atoms with Crippen LogP contribution >= 0.6 is 0 Å². The summed E-state index contributed by atoms with van der Waals surface area (Å²) >= 11 is 0. The number of piperazine rings is 1. The van der Waals surface area contributed by atoms with Crippen molar-refractivity contribution in [2.45, 2.75) is 32.7 Å². The van der Waals surface area contributed by atoms with Crippen LogP contribution in [0.5, 0.6) is 0 Å². The Morgan fingerprint density at radius 2 is 1.80 bits per heavy atom. The predicted octanol–water partition coefficient (Wildman–Crippen LogP) is 2.68. The molecule has 4 rings (SSSR count). The van der Waals surface area contributed by atoms with E-state index in [0.717, 1.165) is 18.4 Å². The molecule has 7 heteroatoms. The van der Waals surface area contributed by atoms with Crippen molar-refractivity contribution in [2.24, 2.45) is 0 Å². The van der Waals surface area contributed by atoms with E-state index in [9.17, 15) is 9.59 Å². The van der Waals surface area contributed by atoms with Crippen LogP contribution in [-0.2, 0) is 11.3 Å². The average Bonchev–Trinajstić information content (AvgIpc) is 2.80. The first-order chi connectivity index (χ1) is 14.7. The number of fused-ring (bicyclic) bond motifs is 1. The van der Waals surface area contributed by atoms with Crippen molar-refractivity contribution >= 4 is 22.9 Å². The van der Waals surface area contributed by atoms with E-state index in [1.165, 1.54) is 0 Å². The van der Waals surface area contributed by atoms with Gasteiger partial charge in [-0.25, -0.2) is 9.97 Å². The minimum absolute atomic E-state index is 0.143. The average molecular weight is 406 g/mol. The van der Waals surface area contributed by atoms with Gasteiger partial charge in [0.1, 0.15) is 5.52 Å². The molecule has 0 bridgehead atoms. The molecular formula is C23H27N5O2. The topological polar surface area (TPSA) is 71.3 Å². The Morgan fingerprint density at radius 1 is 1.03 bits per heavy atom. The van der Waals surface area contributed by atoms with Crippen LogP contribution in [0, 0.1) is 0 Å². The van der Waals surface area contributed by atoms with Crippen LogP contribution in [0.2, 0.25) is 0 Å². The lowest BCUT2D eigenvalue weighted by atomic mass is 10.2. The van der Waals surface area contributed by atoms with Gasteiger partial charge in [0, 0.05) is 38.8 Å². The third kappa shape index (κ3) is 4.20. The molecule has 7 nitrogen and oxygen atoms in total. The Hall–Kier alpha value is -3.22. The van der Waals surface area contributed by atoms with Crippen molar-refractivity contribution in [1.29, 1.82) is 0 Å². The Labute approximate surface area is 176 Å². The highest BCUT2D eigenvalue weighted by atomic mass is 16.2. The first-order valence-corrected chi connectivity index (χ1v) is 10.6. The molecule has 156 valence electrons. The number of rotatable bonds is 6. The molecule has 0 aliphatic carbocycles. The number of carbonyl (C=O) groups excluding carboxylic acids is 1. The number of anilines is 1. The van der Waals surface area contributed by atoms with E-state index in [2.05, 4.69) is 16.9 Å². The monoisotopic (exact) mass is 405 g/mol. The number of aromatic nitrogens is 3. The molecule has 2 aromatic heterocycles. The standard InChI is InChI=1S/C23H27N5O2/c1-2-3-11-20(29)26-13-15-27(16-14-26)22-23(30)28(17-18-8-5-4-6-9-18)21-19(25-22)10-7-12-24-21/h4-10,12H,2-3,11,13-17H2,1H3. The molecule has 1 saturated heterocycles. The number of pyridine rings is 1. The molecule has 1 aliphatic heterocycles. The van der Waals surface area contributed by atoms with Crippen molar-refractivity contribution < 1.29 is 4.79 Å². The summed E-state index contributed by atoms with van der Waals surface area (Å²) in [5, 5.41) is 0. The SMILES string of the molecule is CCCCC(=O)N1CCN(c2nc3cccnc3n(Cc3ccccc3)c2=O)CC1. The number of hydrogen-bond donors (Lipinski definition) is 0. The molecular weight excluding hydrogens is 378 g/mol. The summed E-state index contributed by atoms with van der Waals surface area (Å²) in [6.45, 7) is 4.99. The second-order valence-corrected chi connectivity index (χ2v) is 7.63. The molecule has 1 aliphatic rings. The van der Waals surface area contributed by atoms with Crippen LogP contribution in [0.4, 0.5) is 5.82 Å². The molecule has 0 spiro atoms. The summed E-state index contributed by atoms with van der Waals surface area (Å²) in [5.74, 6) is 0.640. The normalized spacial score (nSPS) is 14.3. The number of carbonyl (C=O) groups is 1. The van der Waals surface area contributed by atoms with Gasteiger partial charge < -0.3 is 9.80 Å². The van der Waals surface area contributed by atoms with Gasteiger partial charge in [0.2, 0.25) is 5.91 Å². The maximum Gasteiger partial charge on any atom is 0.295 e. The Kier molecular flexibility index (Phi) is 6.07. The fourth-order valence-corrected chi connectivity index (χ4v) is 3.83. The molecule has 0 unspecified atom stereocenters. The van der Waals surface area contributed by atoms with E-state index < -0.39 is 0 Å². The van der Waals surface area contributed by atoms with Gasteiger partial charge >= 0.3 is 0 Å². The van der Waals surface area contributed by atoms with Gasteiger partial charge in [-0.1, -0.05) is 43.7 Å². The number of amides is 1. The van der Waals surface area contributed by atoms with Gasteiger partial charge in [-0.15, -0.1) is 0 Å². The smallest absolute Gasteiger partial charge is 0.295 e. The summed E-state index contributed by atoms with van der Waals surface area (Å²) < 4.78 is 1.70. The zero-order valence-electron chi connectivity index (χ0n) is 17.3. The summed E-state index contributed by atoms with van der Waals surface area (Å²) in [6.07, 6.45) is 4.22. The van der Waals surface area contributed by atoms with E-state index in [1.54, 1.807) is 10.8 Å². The molecule has 30 heavy (non-hydrogen) atoms. The van der Waals surface area contributed by atoms with Crippen molar-refractivity contribution in [3.8, 4) is 0 Å². The van der Waals surface area contributed by atoms with Crippen molar-refractivity contribution in [1.82, 2.24) is 19.4 Å². The minimum Gasteiger partial charge on any atom is -0.348 e. The van der Waals surface area contributed by atoms with Gasteiger partial charge in [0.05, 0.1) is 6.54 Å². The Morgan fingerprint density at radius 3 is 2.53 bits per heavy atom. The highest BCUT2D eigenvalue weighted by Crippen LogP contribution is 2.16. The quantitative estimate of drug-likeness (QED) is 0.631. The lowest BCUT2D eigenvalue weighted by molar-refractivity contribution is -0.131. The molecule has 1 amide bonds. The summed E-state index contributed by atoms with van der Waals surface area (Å²) in [6, 6.07) is 13.6. The van der Waals surface area contributed by atoms with Crippen LogP contribution in [0.1, 0.15) is 31.7 Å². The third-order valence-electron chi connectivity index (χ3n) is 5.54. The Balaban J connectivity index is 1.62.